The second-order valence-electron chi connectivity index (χ2n) is 1.93. The maximum absolute atomic E-state index is 10.8. The molecule has 0 aromatic carbocycles. The van der Waals surface area contributed by atoms with E-state index >= 15 is 0 Å². The van der Waals surface area contributed by atoms with Gasteiger partial charge in [-0.1, -0.05) is 19.2 Å². The normalized spacial score (nSPS) is 10.2. The first-order chi connectivity index (χ1) is 5.74. The van der Waals surface area contributed by atoms with Gasteiger partial charge in [0.1, 0.15) is 5.76 Å². The van der Waals surface area contributed by atoms with Crippen LogP contribution in [0, 0.1) is 0 Å². The molecule has 0 aromatic rings. The molecule has 0 radical (unpaired) electrons. The fourth-order valence-electron chi connectivity index (χ4n) is 0.547. The van der Waals surface area contributed by atoms with Crippen molar-refractivity contribution in [1.29, 1.82) is 0 Å². The van der Waals surface area contributed by atoms with Crippen LogP contribution >= 0.6 is 0 Å². The zero-order valence-electron chi connectivity index (χ0n) is 7.17. The summed E-state index contributed by atoms with van der Waals surface area (Å²) in [6.45, 7) is 9.29. The van der Waals surface area contributed by atoms with Crippen LogP contribution in [-0.2, 0) is 4.74 Å². The van der Waals surface area contributed by atoms with Gasteiger partial charge in [0.15, 0.2) is 0 Å². The maximum Gasteiger partial charge on any atom is 0.412 e. The summed E-state index contributed by atoms with van der Waals surface area (Å²) < 4.78 is 4.80. The lowest BCUT2D eigenvalue weighted by Gasteiger charge is -2.03. The number of hydrogen-bond donors (Lipinski definition) is 1. The van der Waals surface area contributed by atoms with E-state index in [0.717, 1.165) is 0 Å². The number of alkyl carbamates (subject to hydrolysis) is 1. The number of hydrogen-bond acceptors (Lipinski definition) is 2. The minimum Gasteiger partial charge on any atom is -0.410 e. The molecule has 0 rings (SSSR count). The molecule has 0 spiro atoms. The Kier molecular flexibility index (Phi) is 5.43. The Labute approximate surface area is 72.4 Å². The quantitative estimate of drug-likeness (QED) is 0.513. The average Bonchev–Trinajstić information content (AvgIpc) is 2.04. The smallest absolute Gasteiger partial charge is 0.410 e. The third-order valence-electron chi connectivity index (χ3n) is 1.01. The minimum absolute atomic E-state index is 0.385. The van der Waals surface area contributed by atoms with Gasteiger partial charge in [-0.3, -0.25) is 0 Å². The Bertz CT molecular complexity index is 207. The number of allylic oxidation sites excluding steroid dienone is 3. The van der Waals surface area contributed by atoms with Crippen LogP contribution in [0.2, 0.25) is 0 Å². The molecule has 0 saturated heterocycles. The van der Waals surface area contributed by atoms with Crippen molar-refractivity contribution in [3.8, 4) is 0 Å². The van der Waals surface area contributed by atoms with Crippen LogP contribution in [0.3, 0.4) is 0 Å². The van der Waals surface area contributed by atoms with Crippen molar-refractivity contribution in [2.24, 2.45) is 0 Å². The van der Waals surface area contributed by atoms with Crippen molar-refractivity contribution in [3.05, 3.63) is 37.1 Å². The molecule has 0 aliphatic heterocycles. The lowest BCUT2D eigenvalue weighted by molar-refractivity contribution is 0.180. The van der Waals surface area contributed by atoms with E-state index in [1.165, 1.54) is 12.2 Å². The fourth-order valence-corrected chi connectivity index (χ4v) is 0.547. The maximum atomic E-state index is 10.8. The molecule has 66 valence electrons. The standard InChI is InChI=1S/C9H13NO2/c1-4-7-8(5-2)12-9(11)10-6-3/h4-5,7H,1-2,6H2,3H3,(H,10,11)/b8-7+. The van der Waals surface area contributed by atoms with Gasteiger partial charge in [-0.25, -0.2) is 4.79 Å². The molecule has 12 heavy (non-hydrogen) atoms. The monoisotopic (exact) mass is 167 g/mol. The highest BCUT2D eigenvalue weighted by atomic mass is 16.6. The predicted octanol–water partition coefficient (Wildman–Crippen LogP) is 1.99. The van der Waals surface area contributed by atoms with Crippen molar-refractivity contribution in [2.75, 3.05) is 6.54 Å². The third kappa shape index (κ3) is 4.33. The third-order valence-corrected chi connectivity index (χ3v) is 1.01. The molecule has 1 N–H and O–H groups in total. The van der Waals surface area contributed by atoms with Gasteiger partial charge in [-0.2, -0.15) is 0 Å². The van der Waals surface area contributed by atoms with Crippen molar-refractivity contribution >= 4 is 6.09 Å². The van der Waals surface area contributed by atoms with Gasteiger partial charge >= 0.3 is 6.09 Å². The molecular weight excluding hydrogens is 154 g/mol. The largest absolute Gasteiger partial charge is 0.412 e. The Balaban J connectivity index is 4.02. The summed E-state index contributed by atoms with van der Waals surface area (Å²) in [5, 5.41) is 2.48. The van der Waals surface area contributed by atoms with Gasteiger partial charge < -0.3 is 10.1 Å². The van der Waals surface area contributed by atoms with E-state index in [1.54, 1.807) is 6.08 Å². The summed E-state index contributed by atoms with van der Waals surface area (Å²) in [5.74, 6) is 0.385. The van der Waals surface area contributed by atoms with Crippen LogP contribution in [0.4, 0.5) is 4.79 Å². The molecule has 3 heteroatoms. The van der Waals surface area contributed by atoms with E-state index < -0.39 is 6.09 Å². The number of amides is 1. The van der Waals surface area contributed by atoms with E-state index in [1.807, 2.05) is 6.92 Å². The predicted molar refractivity (Wildman–Crippen MR) is 48.6 cm³/mol. The van der Waals surface area contributed by atoms with E-state index in [-0.39, 0.29) is 0 Å². The minimum atomic E-state index is -0.481. The van der Waals surface area contributed by atoms with Crippen molar-refractivity contribution in [2.45, 2.75) is 6.92 Å². The molecule has 0 aliphatic rings. The first-order valence-electron chi connectivity index (χ1n) is 3.65. The molecule has 0 saturated carbocycles. The van der Waals surface area contributed by atoms with E-state index in [9.17, 15) is 4.79 Å². The van der Waals surface area contributed by atoms with Crippen LogP contribution in [-0.4, -0.2) is 12.6 Å². The summed E-state index contributed by atoms with van der Waals surface area (Å²) in [5.41, 5.74) is 0. The highest BCUT2D eigenvalue weighted by molar-refractivity contribution is 5.68. The molecule has 0 bridgehead atoms. The van der Waals surface area contributed by atoms with Gasteiger partial charge in [0, 0.05) is 6.54 Å². The van der Waals surface area contributed by atoms with Crippen LogP contribution in [0.5, 0.6) is 0 Å². The highest BCUT2D eigenvalue weighted by Gasteiger charge is 2.00. The molecule has 0 unspecified atom stereocenters. The lowest BCUT2D eigenvalue weighted by atomic mass is 10.4. The van der Waals surface area contributed by atoms with E-state index in [2.05, 4.69) is 18.5 Å². The first-order valence-corrected chi connectivity index (χ1v) is 3.65. The van der Waals surface area contributed by atoms with Crippen molar-refractivity contribution in [1.82, 2.24) is 5.32 Å². The van der Waals surface area contributed by atoms with Crippen molar-refractivity contribution < 1.29 is 9.53 Å². The lowest BCUT2D eigenvalue weighted by Crippen LogP contribution is -2.23. The van der Waals surface area contributed by atoms with Gasteiger partial charge in [-0.15, -0.1) is 0 Å². The summed E-state index contributed by atoms with van der Waals surface area (Å²) in [6, 6.07) is 0. The van der Waals surface area contributed by atoms with Crippen LogP contribution in [0.25, 0.3) is 0 Å². The van der Waals surface area contributed by atoms with Crippen LogP contribution in [0.15, 0.2) is 37.1 Å². The highest BCUT2D eigenvalue weighted by Crippen LogP contribution is 1.98. The fraction of sp³-hybridized carbons (Fsp3) is 0.222. The first kappa shape index (κ1) is 10.5. The van der Waals surface area contributed by atoms with Crippen molar-refractivity contribution in [3.63, 3.8) is 0 Å². The van der Waals surface area contributed by atoms with E-state index in [0.29, 0.717) is 12.3 Å². The molecule has 0 heterocycles. The molecule has 0 fully saturated rings. The Morgan fingerprint density at radius 3 is 2.67 bits per heavy atom. The summed E-state index contributed by atoms with van der Waals surface area (Å²) in [4.78, 5) is 10.8. The molecular formula is C9H13NO2. The zero-order chi connectivity index (χ0) is 9.40. The summed E-state index contributed by atoms with van der Waals surface area (Å²) in [7, 11) is 0. The second kappa shape index (κ2) is 6.22. The second-order valence-corrected chi connectivity index (χ2v) is 1.93. The van der Waals surface area contributed by atoms with E-state index in [4.69, 9.17) is 4.74 Å². The molecule has 1 amide bonds. The Morgan fingerprint density at radius 1 is 1.58 bits per heavy atom. The SMILES string of the molecule is C=C/C=C(\C=C)OC(=O)NCC. The summed E-state index contributed by atoms with van der Waals surface area (Å²) >= 11 is 0. The topological polar surface area (TPSA) is 38.3 Å². The van der Waals surface area contributed by atoms with Gasteiger partial charge in [-0.05, 0) is 19.1 Å². The number of carbonyl (C=O) groups excluding carboxylic acids is 1. The average molecular weight is 167 g/mol. The Hall–Kier alpha value is -1.51. The van der Waals surface area contributed by atoms with Gasteiger partial charge in [0.25, 0.3) is 0 Å². The number of carbonyl (C=O) groups is 1. The number of rotatable bonds is 4. The molecule has 0 aromatic heterocycles. The Morgan fingerprint density at radius 2 is 2.25 bits per heavy atom. The molecule has 0 atom stereocenters. The molecule has 3 nitrogen and oxygen atoms in total. The zero-order valence-corrected chi connectivity index (χ0v) is 7.17. The van der Waals surface area contributed by atoms with Gasteiger partial charge in [0.05, 0.1) is 0 Å². The molecule has 0 aliphatic carbocycles. The van der Waals surface area contributed by atoms with Gasteiger partial charge in [0.2, 0.25) is 0 Å². The van der Waals surface area contributed by atoms with Crippen LogP contribution < -0.4 is 5.32 Å². The number of nitrogens with one attached hydrogen (secondary N) is 1. The van der Waals surface area contributed by atoms with Crippen LogP contribution in [0.1, 0.15) is 6.92 Å². The summed E-state index contributed by atoms with van der Waals surface area (Å²) in [6.07, 6.45) is 4.04. The number of ether oxygens (including phenoxy) is 1.